The van der Waals surface area contributed by atoms with Crippen LogP contribution in [0.2, 0.25) is 10.2 Å². The van der Waals surface area contributed by atoms with E-state index in [1.165, 1.54) is 16.6 Å². The molecule has 1 aromatic heterocycles. The maximum atomic E-state index is 12.3. The Morgan fingerprint density at radius 1 is 1.41 bits per heavy atom. The maximum absolute atomic E-state index is 12.3. The van der Waals surface area contributed by atoms with E-state index in [4.69, 9.17) is 23.2 Å². The predicted molar refractivity (Wildman–Crippen MR) is 69.0 cm³/mol. The molecule has 0 saturated carbocycles. The number of pyridine rings is 1. The lowest BCUT2D eigenvalue weighted by molar-refractivity contribution is 0.369. The zero-order chi connectivity index (χ0) is 13.2. The molecule has 1 rings (SSSR count). The van der Waals surface area contributed by atoms with Crippen LogP contribution < -0.4 is 0 Å². The van der Waals surface area contributed by atoms with Crippen LogP contribution in [0.5, 0.6) is 0 Å². The third-order valence-corrected chi connectivity index (χ3v) is 5.07. The quantitative estimate of drug-likeness (QED) is 0.803. The number of halogens is 2. The monoisotopic (exact) mass is 296 g/mol. The minimum Gasteiger partial charge on any atom is -0.242 e. The number of hydrogen-bond donors (Lipinski definition) is 0. The summed E-state index contributed by atoms with van der Waals surface area (Å²) in [6, 6.07) is 1.19. The first kappa shape index (κ1) is 14.7. The SMILES string of the molecule is CCN(C(C)C)S(=O)(=O)c1cnc(Cl)c(Cl)c1. The molecule has 17 heavy (non-hydrogen) atoms. The highest BCUT2D eigenvalue weighted by atomic mass is 35.5. The number of nitrogens with zero attached hydrogens (tertiary/aromatic N) is 2. The Hall–Kier alpha value is -0.360. The molecular formula is C10H14Cl2N2O2S. The second-order valence-electron chi connectivity index (χ2n) is 3.75. The maximum Gasteiger partial charge on any atom is 0.244 e. The molecule has 0 amide bonds. The third kappa shape index (κ3) is 3.10. The summed E-state index contributed by atoms with van der Waals surface area (Å²) in [4.78, 5) is 3.81. The van der Waals surface area contributed by atoms with Crippen LogP contribution in [0.25, 0.3) is 0 Å². The summed E-state index contributed by atoms with van der Waals surface area (Å²) in [5.41, 5.74) is 0. The Morgan fingerprint density at radius 2 is 2.00 bits per heavy atom. The first-order valence-corrected chi connectivity index (χ1v) is 7.33. The fourth-order valence-corrected chi connectivity index (χ4v) is 3.45. The molecular weight excluding hydrogens is 283 g/mol. The van der Waals surface area contributed by atoms with Crippen molar-refractivity contribution in [2.75, 3.05) is 6.54 Å². The Bertz CT molecular complexity index is 503. The topological polar surface area (TPSA) is 50.3 Å². The first-order valence-electron chi connectivity index (χ1n) is 5.13. The van der Waals surface area contributed by atoms with Crippen LogP contribution >= 0.6 is 23.2 Å². The average molecular weight is 297 g/mol. The summed E-state index contributed by atoms with van der Waals surface area (Å²) in [6.45, 7) is 5.79. The highest BCUT2D eigenvalue weighted by molar-refractivity contribution is 7.89. The predicted octanol–water partition coefficient (Wildman–Crippen LogP) is 2.81. The van der Waals surface area contributed by atoms with Crippen LogP contribution in [-0.4, -0.2) is 30.3 Å². The van der Waals surface area contributed by atoms with Gasteiger partial charge in [-0.15, -0.1) is 0 Å². The van der Waals surface area contributed by atoms with E-state index in [2.05, 4.69) is 4.98 Å². The fraction of sp³-hybridized carbons (Fsp3) is 0.500. The van der Waals surface area contributed by atoms with Crippen LogP contribution in [-0.2, 0) is 10.0 Å². The summed E-state index contributed by atoms with van der Waals surface area (Å²) in [5.74, 6) is 0. The summed E-state index contributed by atoms with van der Waals surface area (Å²) < 4.78 is 25.9. The van der Waals surface area contributed by atoms with Gasteiger partial charge in [0.15, 0.2) is 0 Å². The van der Waals surface area contributed by atoms with Gasteiger partial charge in [0.05, 0.1) is 5.02 Å². The molecule has 0 aromatic carbocycles. The number of rotatable bonds is 4. The second-order valence-corrected chi connectivity index (χ2v) is 6.40. The van der Waals surface area contributed by atoms with Gasteiger partial charge in [-0.05, 0) is 19.9 Å². The molecule has 0 atom stereocenters. The highest BCUT2D eigenvalue weighted by Crippen LogP contribution is 2.24. The van der Waals surface area contributed by atoms with E-state index >= 15 is 0 Å². The van der Waals surface area contributed by atoms with Crippen molar-refractivity contribution >= 4 is 33.2 Å². The third-order valence-electron chi connectivity index (χ3n) is 2.27. The van der Waals surface area contributed by atoms with Gasteiger partial charge >= 0.3 is 0 Å². The standard InChI is InChI=1S/C10H14Cl2N2O2S/c1-4-14(7(2)3)17(15,16)8-5-9(11)10(12)13-6-8/h5-7H,4H2,1-3H3. The molecule has 0 saturated heterocycles. The second kappa shape index (κ2) is 5.52. The lowest BCUT2D eigenvalue weighted by Gasteiger charge is -2.24. The van der Waals surface area contributed by atoms with Crippen LogP contribution in [0.4, 0.5) is 0 Å². The minimum atomic E-state index is -3.56. The largest absolute Gasteiger partial charge is 0.244 e. The lowest BCUT2D eigenvalue weighted by atomic mass is 10.4. The fourth-order valence-electron chi connectivity index (χ4n) is 1.49. The van der Waals surface area contributed by atoms with Gasteiger partial charge in [-0.25, -0.2) is 13.4 Å². The van der Waals surface area contributed by atoms with E-state index < -0.39 is 10.0 Å². The van der Waals surface area contributed by atoms with Crippen LogP contribution in [0, 0.1) is 0 Å². The van der Waals surface area contributed by atoms with E-state index in [1.54, 1.807) is 6.92 Å². The smallest absolute Gasteiger partial charge is 0.242 e. The first-order chi connectivity index (χ1) is 7.80. The van der Waals surface area contributed by atoms with Gasteiger partial charge in [0, 0.05) is 18.8 Å². The van der Waals surface area contributed by atoms with Crippen molar-refractivity contribution in [3.8, 4) is 0 Å². The van der Waals surface area contributed by atoms with Gasteiger partial charge in [0.2, 0.25) is 10.0 Å². The van der Waals surface area contributed by atoms with Crippen molar-refractivity contribution in [2.45, 2.75) is 31.7 Å². The van der Waals surface area contributed by atoms with Crippen LogP contribution in [0.3, 0.4) is 0 Å². The molecule has 0 fully saturated rings. The Balaban J connectivity index is 3.25. The lowest BCUT2D eigenvalue weighted by Crippen LogP contribution is -2.36. The van der Waals surface area contributed by atoms with Gasteiger partial charge in [-0.2, -0.15) is 4.31 Å². The highest BCUT2D eigenvalue weighted by Gasteiger charge is 2.26. The normalized spacial score (nSPS) is 12.4. The average Bonchev–Trinajstić information content (AvgIpc) is 2.21. The van der Waals surface area contributed by atoms with Crippen molar-refractivity contribution in [1.82, 2.24) is 9.29 Å². The molecule has 0 unspecified atom stereocenters. The Labute approximate surface area is 112 Å². The molecule has 0 aliphatic rings. The van der Waals surface area contributed by atoms with Crippen molar-refractivity contribution in [2.24, 2.45) is 0 Å². The van der Waals surface area contributed by atoms with E-state index in [9.17, 15) is 8.42 Å². The van der Waals surface area contributed by atoms with Crippen molar-refractivity contribution in [1.29, 1.82) is 0 Å². The van der Waals surface area contributed by atoms with Gasteiger partial charge in [-0.3, -0.25) is 0 Å². The molecule has 0 spiro atoms. The van der Waals surface area contributed by atoms with Crippen LogP contribution in [0.1, 0.15) is 20.8 Å². The van der Waals surface area contributed by atoms with E-state index in [0.717, 1.165) is 0 Å². The summed E-state index contributed by atoms with van der Waals surface area (Å²) in [7, 11) is -3.56. The number of sulfonamides is 1. The number of hydrogen-bond acceptors (Lipinski definition) is 3. The van der Waals surface area contributed by atoms with Crippen molar-refractivity contribution in [3.05, 3.63) is 22.4 Å². The minimum absolute atomic E-state index is 0.0578. The van der Waals surface area contributed by atoms with Gasteiger partial charge < -0.3 is 0 Å². The van der Waals surface area contributed by atoms with Gasteiger partial charge in [0.1, 0.15) is 10.0 Å². The zero-order valence-electron chi connectivity index (χ0n) is 9.81. The summed E-state index contributed by atoms with van der Waals surface area (Å²) >= 11 is 11.4. The van der Waals surface area contributed by atoms with Gasteiger partial charge in [0.25, 0.3) is 0 Å². The van der Waals surface area contributed by atoms with Crippen LogP contribution in [0.15, 0.2) is 17.2 Å². The zero-order valence-corrected chi connectivity index (χ0v) is 12.1. The molecule has 4 nitrogen and oxygen atoms in total. The van der Waals surface area contributed by atoms with E-state index in [0.29, 0.717) is 6.54 Å². The molecule has 0 aliphatic carbocycles. The van der Waals surface area contributed by atoms with E-state index in [1.807, 2.05) is 13.8 Å². The molecule has 0 radical (unpaired) electrons. The van der Waals surface area contributed by atoms with Crippen molar-refractivity contribution < 1.29 is 8.42 Å². The number of aromatic nitrogens is 1. The molecule has 0 bridgehead atoms. The Morgan fingerprint density at radius 3 is 2.41 bits per heavy atom. The molecule has 96 valence electrons. The van der Waals surface area contributed by atoms with Gasteiger partial charge in [-0.1, -0.05) is 30.1 Å². The summed E-state index contributed by atoms with van der Waals surface area (Å²) in [6.07, 6.45) is 1.22. The summed E-state index contributed by atoms with van der Waals surface area (Å²) in [5, 5.41) is 0.228. The van der Waals surface area contributed by atoms with E-state index in [-0.39, 0.29) is 21.1 Å². The van der Waals surface area contributed by atoms with Crippen molar-refractivity contribution in [3.63, 3.8) is 0 Å². The molecule has 1 aromatic rings. The Kier molecular flexibility index (Phi) is 4.77. The molecule has 1 heterocycles. The molecule has 0 aliphatic heterocycles. The molecule has 0 N–H and O–H groups in total. The molecule has 7 heteroatoms.